The molecule has 1 heteroatoms. The Hall–Kier alpha value is -0.0400. The van der Waals surface area contributed by atoms with Crippen LogP contribution in [0.3, 0.4) is 0 Å². The highest BCUT2D eigenvalue weighted by Gasteiger charge is 2.34. The molecule has 4 atom stereocenters. The zero-order valence-electron chi connectivity index (χ0n) is 11.9. The van der Waals surface area contributed by atoms with Gasteiger partial charge in [0.25, 0.3) is 0 Å². The summed E-state index contributed by atoms with van der Waals surface area (Å²) in [7, 11) is 0. The van der Waals surface area contributed by atoms with E-state index in [-0.39, 0.29) is 0 Å². The van der Waals surface area contributed by atoms with E-state index in [1.165, 1.54) is 25.7 Å². The number of nitrogens with one attached hydrogen (secondary N) is 1. The SMILES string of the molecule is CCNC(CC)C1CC(C)CCC1C(C)C. The summed E-state index contributed by atoms with van der Waals surface area (Å²) >= 11 is 0. The smallest absolute Gasteiger partial charge is 0.00954 e. The molecule has 0 aliphatic heterocycles. The molecule has 0 saturated heterocycles. The van der Waals surface area contributed by atoms with Crippen LogP contribution in [-0.4, -0.2) is 12.6 Å². The van der Waals surface area contributed by atoms with E-state index in [1.807, 2.05) is 0 Å². The van der Waals surface area contributed by atoms with Gasteiger partial charge in [-0.2, -0.15) is 0 Å². The highest BCUT2D eigenvalue weighted by atomic mass is 14.9. The van der Waals surface area contributed by atoms with E-state index in [9.17, 15) is 0 Å². The van der Waals surface area contributed by atoms with E-state index in [4.69, 9.17) is 0 Å². The van der Waals surface area contributed by atoms with Gasteiger partial charge in [-0.1, -0.05) is 41.0 Å². The fourth-order valence-electron chi connectivity index (χ4n) is 3.60. The minimum Gasteiger partial charge on any atom is -0.314 e. The molecule has 0 radical (unpaired) electrons. The van der Waals surface area contributed by atoms with Crippen molar-refractivity contribution in [2.24, 2.45) is 23.7 Å². The fourth-order valence-corrected chi connectivity index (χ4v) is 3.60. The first-order valence-electron chi connectivity index (χ1n) is 7.33. The molecule has 1 N–H and O–H groups in total. The molecule has 16 heavy (non-hydrogen) atoms. The molecule has 4 unspecified atom stereocenters. The Labute approximate surface area is 102 Å². The van der Waals surface area contributed by atoms with Crippen LogP contribution in [0.2, 0.25) is 0 Å². The lowest BCUT2D eigenvalue weighted by Crippen LogP contribution is -2.43. The summed E-state index contributed by atoms with van der Waals surface area (Å²) in [5, 5.41) is 3.71. The van der Waals surface area contributed by atoms with Crippen molar-refractivity contribution >= 4 is 0 Å². The molecular weight excluding hydrogens is 194 g/mol. The van der Waals surface area contributed by atoms with Crippen molar-refractivity contribution in [3.63, 3.8) is 0 Å². The second-order valence-corrected chi connectivity index (χ2v) is 6.06. The Morgan fingerprint density at radius 2 is 1.81 bits per heavy atom. The summed E-state index contributed by atoms with van der Waals surface area (Å²) in [5.41, 5.74) is 0. The van der Waals surface area contributed by atoms with Crippen LogP contribution in [0.4, 0.5) is 0 Å². The van der Waals surface area contributed by atoms with Gasteiger partial charge in [0.1, 0.15) is 0 Å². The van der Waals surface area contributed by atoms with Gasteiger partial charge in [-0.15, -0.1) is 0 Å². The van der Waals surface area contributed by atoms with Crippen molar-refractivity contribution in [3.05, 3.63) is 0 Å². The number of hydrogen-bond donors (Lipinski definition) is 1. The molecule has 96 valence electrons. The Balaban J connectivity index is 2.68. The molecule has 1 rings (SSSR count). The Morgan fingerprint density at radius 1 is 1.12 bits per heavy atom. The van der Waals surface area contributed by atoms with Crippen LogP contribution < -0.4 is 5.32 Å². The van der Waals surface area contributed by atoms with Crippen molar-refractivity contribution < 1.29 is 0 Å². The maximum atomic E-state index is 3.71. The molecule has 1 saturated carbocycles. The zero-order chi connectivity index (χ0) is 12.1. The van der Waals surface area contributed by atoms with Crippen molar-refractivity contribution in [1.82, 2.24) is 5.32 Å². The van der Waals surface area contributed by atoms with E-state index in [0.717, 1.165) is 36.3 Å². The average molecular weight is 225 g/mol. The van der Waals surface area contributed by atoms with Crippen LogP contribution in [0.25, 0.3) is 0 Å². The first-order valence-corrected chi connectivity index (χ1v) is 7.33. The second kappa shape index (κ2) is 6.64. The van der Waals surface area contributed by atoms with Crippen molar-refractivity contribution in [2.45, 2.75) is 66.3 Å². The minimum atomic E-state index is 0.750. The van der Waals surface area contributed by atoms with Crippen LogP contribution in [0.5, 0.6) is 0 Å². The van der Waals surface area contributed by atoms with Gasteiger partial charge in [0.2, 0.25) is 0 Å². The molecule has 1 nitrogen and oxygen atoms in total. The standard InChI is InChI=1S/C15H31N/c1-6-15(16-7-2)14-10-12(5)8-9-13(14)11(3)4/h11-16H,6-10H2,1-5H3. The van der Waals surface area contributed by atoms with Gasteiger partial charge in [0.15, 0.2) is 0 Å². The number of hydrogen-bond acceptors (Lipinski definition) is 1. The van der Waals surface area contributed by atoms with Gasteiger partial charge in [0, 0.05) is 6.04 Å². The first kappa shape index (κ1) is 14.0. The van der Waals surface area contributed by atoms with Crippen LogP contribution in [0.1, 0.15) is 60.3 Å². The normalized spacial score (nSPS) is 33.0. The minimum absolute atomic E-state index is 0.750. The van der Waals surface area contributed by atoms with E-state index in [2.05, 4.69) is 39.9 Å². The summed E-state index contributed by atoms with van der Waals surface area (Å²) < 4.78 is 0. The molecule has 0 bridgehead atoms. The molecule has 0 spiro atoms. The van der Waals surface area contributed by atoms with Gasteiger partial charge >= 0.3 is 0 Å². The molecule has 1 fully saturated rings. The van der Waals surface area contributed by atoms with Gasteiger partial charge in [-0.25, -0.2) is 0 Å². The van der Waals surface area contributed by atoms with Gasteiger partial charge in [-0.05, 0) is 49.5 Å². The molecule has 0 aromatic rings. The second-order valence-electron chi connectivity index (χ2n) is 6.06. The van der Waals surface area contributed by atoms with E-state index in [1.54, 1.807) is 0 Å². The van der Waals surface area contributed by atoms with Crippen molar-refractivity contribution in [1.29, 1.82) is 0 Å². The van der Waals surface area contributed by atoms with Gasteiger partial charge in [0.05, 0.1) is 0 Å². The summed E-state index contributed by atoms with van der Waals surface area (Å²) in [4.78, 5) is 0. The van der Waals surface area contributed by atoms with Crippen molar-refractivity contribution in [3.8, 4) is 0 Å². The zero-order valence-corrected chi connectivity index (χ0v) is 11.9. The third-order valence-electron chi connectivity index (χ3n) is 4.50. The quantitative estimate of drug-likeness (QED) is 0.743. The summed E-state index contributed by atoms with van der Waals surface area (Å²) in [6.45, 7) is 12.9. The Morgan fingerprint density at radius 3 is 2.31 bits per heavy atom. The fraction of sp³-hybridized carbons (Fsp3) is 1.00. The molecule has 0 amide bonds. The molecule has 0 aromatic carbocycles. The highest BCUT2D eigenvalue weighted by molar-refractivity contribution is 4.87. The maximum Gasteiger partial charge on any atom is 0.00954 e. The van der Waals surface area contributed by atoms with Gasteiger partial charge < -0.3 is 5.32 Å². The van der Waals surface area contributed by atoms with Crippen LogP contribution in [-0.2, 0) is 0 Å². The summed E-state index contributed by atoms with van der Waals surface area (Å²) in [6.07, 6.45) is 5.62. The van der Waals surface area contributed by atoms with Crippen LogP contribution >= 0.6 is 0 Å². The van der Waals surface area contributed by atoms with Crippen LogP contribution in [0, 0.1) is 23.7 Å². The Kier molecular flexibility index (Phi) is 5.82. The highest BCUT2D eigenvalue weighted by Crippen LogP contribution is 2.40. The first-order chi connectivity index (χ1) is 7.60. The molecular formula is C15H31N. The molecule has 1 aliphatic rings. The monoisotopic (exact) mass is 225 g/mol. The Bertz CT molecular complexity index is 188. The van der Waals surface area contributed by atoms with Crippen molar-refractivity contribution in [2.75, 3.05) is 6.54 Å². The third-order valence-corrected chi connectivity index (χ3v) is 4.50. The maximum absolute atomic E-state index is 3.71. The predicted molar refractivity (Wildman–Crippen MR) is 72.6 cm³/mol. The molecule has 0 aromatic heterocycles. The lowest BCUT2D eigenvalue weighted by Gasteiger charge is -2.42. The van der Waals surface area contributed by atoms with Gasteiger partial charge in [-0.3, -0.25) is 0 Å². The van der Waals surface area contributed by atoms with E-state index < -0.39 is 0 Å². The van der Waals surface area contributed by atoms with E-state index >= 15 is 0 Å². The molecule has 1 aliphatic carbocycles. The number of rotatable bonds is 5. The third kappa shape index (κ3) is 3.48. The molecule has 0 heterocycles. The summed E-state index contributed by atoms with van der Waals surface area (Å²) in [6, 6.07) is 0.750. The van der Waals surface area contributed by atoms with E-state index in [0.29, 0.717) is 0 Å². The summed E-state index contributed by atoms with van der Waals surface area (Å²) in [5.74, 6) is 3.65. The lowest BCUT2D eigenvalue weighted by atomic mass is 9.67. The van der Waals surface area contributed by atoms with Crippen LogP contribution in [0.15, 0.2) is 0 Å². The lowest BCUT2D eigenvalue weighted by molar-refractivity contribution is 0.107. The average Bonchev–Trinajstić information content (AvgIpc) is 2.25. The largest absolute Gasteiger partial charge is 0.314 e. The predicted octanol–water partition coefficient (Wildman–Crippen LogP) is 4.08. The topological polar surface area (TPSA) is 12.0 Å².